The van der Waals surface area contributed by atoms with Gasteiger partial charge in [0, 0.05) is 0 Å². The summed E-state index contributed by atoms with van der Waals surface area (Å²) in [5, 5.41) is 11.8. The molecule has 16 heavy (non-hydrogen) atoms. The summed E-state index contributed by atoms with van der Waals surface area (Å²) in [5.74, 6) is -0.688. The van der Waals surface area contributed by atoms with Crippen molar-refractivity contribution >= 4 is 40.2 Å². The van der Waals surface area contributed by atoms with Gasteiger partial charge in [0.2, 0.25) is 5.91 Å². The maximum atomic E-state index is 11.4. The first kappa shape index (κ1) is 13.4. The number of hydrogen-bond acceptors (Lipinski definition) is 5. The largest absolute Gasteiger partial charge is 0.480 e. The third-order valence-corrected chi connectivity index (χ3v) is 3.68. The second-order valence-electron chi connectivity index (χ2n) is 3.80. The van der Waals surface area contributed by atoms with Gasteiger partial charge in [-0.05, 0) is 5.92 Å². The predicted molar refractivity (Wildman–Crippen MR) is 66.2 cm³/mol. The monoisotopic (exact) mass is 262 g/mol. The van der Waals surface area contributed by atoms with Crippen LogP contribution in [0.1, 0.15) is 13.8 Å². The van der Waals surface area contributed by atoms with Gasteiger partial charge in [-0.2, -0.15) is 0 Å². The second-order valence-corrected chi connectivity index (χ2v) is 5.41. The number of aliphatic carboxylic acids is 1. The molecule has 0 radical (unpaired) electrons. The van der Waals surface area contributed by atoms with Crippen molar-refractivity contribution in [1.82, 2.24) is 10.2 Å². The molecule has 0 saturated carbocycles. The SMILES string of the molecule is CC(C)C(NCN1C(=O)CSC1=S)C(=O)O. The third kappa shape index (κ3) is 3.16. The average molecular weight is 262 g/mol. The minimum Gasteiger partial charge on any atom is -0.480 e. The van der Waals surface area contributed by atoms with Gasteiger partial charge in [-0.25, -0.2) is 0 Å². The van der Waals surface area contributed by atoms with E-state index >= 15 is 0 Å². The average Bonchev–Trinajstić information content (AvgIpc) is 2.47. The van der Waals surface area contributed by atoms with Gasteiger partial charge in [0.05, 0.1) is 12.4 Å². The van der Waals surface area contributed by atoms with Gasteiger partial charge in [-0.3, -0.25) is 19.8 Å². The number of thioether (sulfide) groups is 1. The van der Waals surface area contributed by atoms with Gasteiger partial charge in [-0.1, -0.05) is 37.8 Å². The van der Waals surface area contributed by atoms with E-state index in [4.69, 9.17) is 17.3 Å². The Morgan fingerprint density at radius 1 is 1.69 bits per heavy atom. The fourth-order valence-corrected chi connectivity index (χ4v) is 2.40. The summed E-state index contributed by atoms with van der Waals surface area (Å²) in [7, 11) is 0. The standard InChI is InChI=1S/C9H14N2O3S2/c1-5(2)7(8(13)14)10-4-11-6(12)3-16-9(11)15/h5,7,10H,3-4H2,1-2H3,(H,13,14). The molecule has 1 unspecified atom stereocenters. The van der Waals surface area contributed by atoms with Crippen LogP contribution in [-0.4, -0.2) is 44.7 Å². The Kier molecular flexibility index (Phi) is 4.69. The zero-order valence-electron chi connectivity index (χ0n) is 9.10. The van der Waals surface area contributed by atoms with Crippen molar-refractivity contribution < 1.29 is 14.7 Å². The first-order valence-electron chi connectivity index (χ1n) is 4.86. The van der Waals surface area contributed by atoms with Crippen molar-refractivity contribution in [3.05, 3.63) is 0 Å². The molecule has 1 atom stereocenters. The van der Waals surface area contributed by atoms with Crippen molar-refractivity contribution in [2.75, 3.05) is 12.4 Å². The molecule has 0 bridgehead atoms. The summed E-state index contributed by atoms with van der Waals surface area (Å²) < 4.78 is 0.505. The molecule has 5 nitrogen and oxygen atoms in total. The van der Waals surface area contributed by atoms with E-state index in [0.717, 1.165) is 0 Å². The summed E-state index contributed by atoms with van der Waals surface area (Å²) in [4.78, 5) is 23.7. The lowest BCUT2D eigenvalue weighted by atomic mass is 10.1. The normalized spacial score (nSPS) is 18.3. The van der Waals surface area contributed by atoms with Gasteiger partial charge in [0.15, 0.2) is 0 Å². The molecule has 7 heteroatoms. The maximum absolute atomic E-state index is 11.4. The van der Waals surface area contributed by atoms with Crippen molar-refractivity contribution in [3.63, 3.8) is 0 Å². The van der Waals surface area contributed by atoms with Gasteiger partial charge < -0.3 is 5.11 Å². The van der Waals surface area contributed by atoms with Crippen LogP contribution in [0, 0.1) is 5.92 Å². The molecule has 0 spiro atoms. The fourth-order valence-electron chi connectivity index (χ4n) is 1.33. The molecule has 1 rings (SSSR count). The van der Waals surface area contributed by atoms with Gasteiger partial charge in [0.25, 0.3) is 0 Å². The topological polar surface area (TPSA) is 69.6 Å². The molecule has 0 aliphatic carbocycles. The van der Waals surface area contributed by atoms with E-state index in [9.17, 15) is 9.59 Å². The second kappa shape index (κ2) is 5.60. The first-order chi connectivity index (χ1) is 7.43. The molecule has 90 valence electrons. The van der Waals surface area contributed by atoms with Crippen LogP contribution in [0.4, 0.5) is 0 Å². The molecule has 2 N–H and O–H groups in total. The zero-order chi connectivity index (χ0) is 12.3. The molecule has 0 aromatic carbocycles. The van der Waals surface area contributed by atoms with Gasteiger partial charge in [0.1, 0.15) is 10.4 Å². The Labute approximate surface area is 104 Å². The summed E-state index contributed by atoms with van der Waals surface area (Å²) in [6.45, 7) is 3.79. The lowest BCUT2D eigenvalue weighted by molar-refractivity contribution is -0.141. The number of carboxylic acid groups (broad SMARTS) is 1. The minimum absolute atomic E-state index is 0.0450. The molecular formula is C9H14N2O3S2. The highest BCUT2D eigenvalue weighted by Crippen LogP contribution is 2.18. The van der Waals surface area contributed by atoms with Crippen LogP contribution in [0.5, 0.6) is 0 Å². The molecular weight excluding hydrogens is 248 g/mol. The molecule has 1 amide bonds. The van der Waals surface area contributed by atoms with Crippen LogP contribution >= 0.6 is 24.0 Å². The Hall–Kier alpha value is -0.660. The van der Waals surface area contributed by atoms with Crippen LogP contribution in [0.2, 0.25) is 0 Å². The van der Waals surface area contributed by atoms with Crippen molar-refractivity contribution in [2.45, 2.75) is 19.9 Å². The third-order valence-electron chi connectivity index (χ3n) is 2.24. The Morgan fingerprint density at radius 3 is 2.69 bits per heavy atom. The number of carbonyl (C=O) groups excluding carboxylic acids is 1. The smallest absolute Gasteiger partial charge is 0.321 e. The van der Waals surface area contributed by atoms with E-state index in [1.54, 1.807) is 0 Å². The van der Waals surface area contributed by atoms with E-state index in [2.05, 4.69) is 5.32 Å². The molecule has 0 aromatic rings. The van der Waals surface area contributed by atoms with Crippen molar-refractivity contribution in [3.8, 4) is 0 Å². The Balaban J connectivity index is 2.52. The van der Waals surface area contributed by atoms with E-state index in [1.807, 2.05) is 13.8 Å². The van der Waals surface area contributed by atoms with Crippen LogP contribution in [-0.2, 0) is 9.59 Å². The molecule has 1 heterocycles. The molecule has 1 saturated heterocycles. The first-order valence-corrected chi connectivity index (χ1v) is 6.26. The summed E-state index contributed by atoms with van der Waals surface area (Å²) in [6, 6.07) is -0.666. The summed E-state index contributed by atoms with van der Waals surface area (Å²) in [5.41, 5.74) is 0. The van der Waals surface area contributed by atoms with Crippen molar-refractivity contribution in [2.24, 2.45) is 5.92 Å². The molecule has 1 aliphatic heterocycles. The Morgan fingerprint density at radius 2 is 2.31 bits per heavy atom. The van der Waals surface area contributed by atoms with E-state index in [1.165, 1.54) is 16.7 Å². The highest BCUT2D eigenvalue weighted by atomic mass is 32.2. The number of nitrogens with zero attached hydrogens (tertiary/aromatic N) is 1. The van der Waals surface area contributed by atoms with Gasteiger partial charge in [-0.15, -0.1) is 0 Å². The lowest BCUT2D eigenvalue weighted by Crippen LogP contribution is -2.47. The predicted octanol–water partition coefficient (Wildman–Crippen LogP) is 0.503. The number of rotatable bonds is 5. The van der Waals surface area contributed by atoms with Crippen LogP contribution in [0.25, 0.3) is 0 Å². The van der Waals surface area contributed by atoms with Crippen LogP contribution < -0.4 is 5.32 Å². The molecule has 1 aliphatic rings. The van der Waals surface area contributed by atoms with E-state index in [-0.39, 0.29) is 18.5 Å². The number of carbonyl (C=O) groups is 2. The van der Waals surface area contributed by atoms with Crippen LogP contribution in [0.3, 0.4) is 0 Å². The Bertz CT molecular complexity index is 304. The maximum Gasteiger partial charge on any atom is 0.321 e. The molecule has 1 fully saturated rings. The highest BCUT2D eigenvalue weighted by molar-refractivity contribution is 8.23. The van der Waals surface area contributed by atoms with Gasteiger partial charge >= 0.3 is 5.97 Å². The van der Waals surface area contributed by atoms with E-state index in [0.29, 0.717) is 10.1 Å². The van der Waals surface area contributed by atoms with E-state index < -0.39 is 12.0 Å². The quantitative estimate of drug-likeness (QED) is 0.703. The number of nitrogens with one attached hydrogen (secondary N) is 1. The van der Waals surface area contributed by atoms with Crippen LogP contribution in [0.15, 0.2) is 0 Å². The highest BCUT2D eigenvalue weighted by Gasteiger charge is 2.28. The number of amides is 1. The molecule has 0 aromatic heterocycles. The fraction of sp³-hybridized carbons (Fsp3) is 0.667. The summed E-state index contributed by atoms with van der Waals surface area (Å²) in [6.07, 6.45) is 0. The lowest BCUT2D eigenvalue weighted by Gasteiger charge is -2.22. The zero-order valence-corrected chi connectivity index (χ0v) is 10.7. The number of thiocarbonyl (C=S) groups is 1. The number of carboxylic acids is 1. The summed E-state index contributed by atoms with van der Waals surface area (Å²) >= 11 is 6.28. The minimum atomic E-state index is -0.916. The number of hydrogen-bond donors (Lipinski definition) is 2. The van der Waals surface area contributed by atoms with Crippen molar-refractivity contribution in [1.29, 1.82) is 0 Å².